The molecule has 0 aliphatic heterocycles. The molecule has 2 heterocycles. The van der Waals surface area contributed by atoms with Gasteiger partial charge in [-0.15, -0.1) is 0 Å². The SMILES string of the molecule is Cc1ccc(-c2cc(C(F)(F)F)nn2-c2ccc(S(N)(=O)=O)cc2)cc1.N=S(=O)=O.NCc1ccc(-c2cc(C(F)(F)F)nn2-c2ccccc2)cc1. The highest BCUT2D eigenvalue weighted by molar-refractivity contribution is 7.89. The minimum Gasteiger partial charge on any atom is -0.326 e. The Hall–Kier alpha value is -5.63. The highest BCUT2D eigenvalue weighted by atomic mass is 32.2. The molecule has 0 bridgehead atoms. The van der Waals surface area contributed by atoms with E-state index in [0.717, 1.165) is 27.9 Å². The highest BCUT2D eigenvalue weighted by Crippen LogP contribution is 2.35. The van der Waals surface area contributed by atoms with Gasteiger partial charge in [0.1, 0.15) is 0 Å². The van der Waals surface area contributed by atoms with Crippen LogP contribution in [0.4, 0.5) is 26.3 Å². The lowest BCUT2D eigenvalue weighted by Crippen LogP contribution is -2.12. The number of para-hydroxylation sites is 1. The van der Waals surface area contributed by atoms with E-state index in [1.54, 1.807) is 78.9 Å². The second-order valence-electron chi connectivity index (χ2n) is 11.0. The van der Waals surface area contributed by atoms with Crippen LogP contribution < -0.4 is 10.9 Å². The third-order valence-corrected chi connectivity index (χ3v) is 8.17. The number of alkyl halides is 6. The second-order valence-corrected chi connectivity index (χ2v) is 13.1. The van der Waals surface area contributed by atoms with Crippen LogP contribution in [0.3, 0.4) is 0 Å². The fourth-order valence-corrected chi connectivity index (χ4v) is 5.24. The lowest BCUT2D eigenvalue weighted by atomic mass is 10.1. The number of primary sulfonamides is 1. The Morgan fingerprint density at radius 1 is 0.679 bits per heavy atom. The van der Waals surface area contributed by atoms with E-state index in [2.05, 4.69) is 10.2 Å². The van der Waals surface area contributed by atoms with Crippen LogP contribution in [0.5, 0.6) is 0 Å². The Bertz CT molecular complexity index is 2370. The number of aromatic nitrogens is 4. The molecule has 6 rings (SSSR count). The molecule has 0 fully saturated rings. The molecule has 2 aromatic heterocycles. The number of benzene rings is 4. The summed E-state index contributed by atoms with van der Waals surface area (Å²) in [4.78, 5) is -0.138. The molecular weight excluding hydrogens is 749 g/mol. The number of hydrogen-bond acceptors (Lipinski definition) is 8. The normalized spacial score (nSPS) is 11.6. The molecule has 0 saturated heterocycles. The molecule has 53 heavy (non-hydrogen) atoms. The first kappa shape index (κ1) is 40.1. The molecule has 0 aliphatic rings. The Morgan fingerprint density at radius 3 is 1.45 bits per heavy atom. The van der Waals surface area contributed by atoms with Gasteiger partial charge < -0.3 is 5.73 Å². The summed E-state index contributed by atoms with van der Waals surface area (Å²) >= 11 is 0. The van der Waals surface area contributed by atoms with Crippen LogP contribution >= 0.6 is 0 Å². The topological polar surface area (TPSA) is 180 Å². The average molecular weight is 778 g/mol. The van der Waals surface area contributed by atoms with E-state index in [9.17, 15) is 34.8 Å². The summed E-state index contributed by atoms with van der Waals surface area (Å²) in [5.41, 5.74) is 8.14. The second kappa shape index (κ2) is 16.4. The summed E-state index contributed by atoms with van der Waals surface area (Å²) in [5, 5.41) is 12.4. The number of rotatable bonds is 6. The quantitative estimate of drug-likeness (QED) is 0.150. The van der Waals surface area contributed by atoms with Crippen LogP contribution in [-0.4, -0.2) is 36.4 Å². The molecule has 0 aliphatic carbocycles. The van der Waals surface area contributed by atoms with Crippen molar-refractivity contribution in [2.75, 3.05) is 0 Å². The number of hydrogen-bond donors (Lipinski definition) is 3. The van der Waals surface area contributed by atoms with E-state index in [1.165, 1.54) is 28.9 Å². The number of nitrogens with zero attached hydrogens (tertiary/aromatic N) is 4. The van der Waals surface area contributed by atoms with Gasteiger partial charge >= 0.3 is 22.9 Å². The van der Waals surface area contributed by atoms with Gasteiger partial charge in [-0.3, -0.25) is 0 Å². The first-order chi connectivity index (χ1) is 24.8. The van der Waals surface area contributed by atoms with Gasteiger partial charge in [-0.2, -0.15) is 49.7 Å². The summed E-state index contributed by atoms with van der Waals surface area (Å²) in [5.74, 6) is 0. The number of aryl methyl sites for hydroxylation is 1. The van der Waals surface area contributed by atoms with E-state index in [-0.39, 0.29) is 16.3 Å². The zero-order valence-corrected chi connectivity index (χ0v) is 29.0. The van der Waals surface area contributed by atoms with Crippen LogP contribution in [0.15, 0.2) is 120 Å². The molecular formula is C34H29F6N7O4S2. The van der Waals surface area contributed by atoms with Gasteiger partial charge in [-0.05, 0) is 61.0 Å². The molecule has 4 aromatic carbocycles. The molecule has 5 N–H and O–H groups in total. The molecule has 0 spiro atoms. The van der Waals surface area contributed by atoms with Gasteiger partial charge in [0.25, 0.3) is 0 Å². The number of nitrogens with two attached hydrogens (primary N) is 2. The number of sulfonamides is 1. The predicted molar refractivity (Wildman–Crippen MR) is 184 cm³/mol. The Balaban J connectivity index is 0.000000216. The van der Waals surface area contributed by atoms with Crippen molar-refractivity contribution in [3.05, 3.63) is 138 Å². The van der Waals surface area contributed by atoms with Crippen molar-refractivity contribution in [1.29, 1.82) is 4.78 Å². The van der Waals surface area contributed by atoms with Gasteiger partial charge in [0.2, 0.25) is 10.0 Å². The highest BCUT2D eigenvalue weighted by Gasteiger charge is 2.36. The summed E-state index contributed by atoms with van der Waals surface area (Å²) < 4.78 is 126. The average Bonchev–Trinajstić information content (AvgIpc) is 3.76. The Kier molecular flexibility index (Phi) is 12.4. The minimum absolute atomic E-state index is 0.138. The third kappa shape index (κ3) is 10.7. The summed E-state index contributed by atoms with van der Waals surface area (Å²) in [6.07, 6.45) is -9.10. The maximum Gasteiger partial charge on any atom is 0.435 e. The first-order valence-electron chi connectivity index (χ1n) is 15.0. The van der Waals surface area contributed by atoms with Crippen molar-refractivity contribution in [2.24, 2.45) is 10.9 Å². The van der Waals surface area contributed by atoms with Crippen LogP contribution in [0.25, 0.3) is 33.9 Å². The summed E-state index contributed by atoms with van der Waals surface area (Å²) in [6.45, 7) is 2.25. The van der Waals surface area contributed by atoms with Crippen molar-refractivity contribution in [3.8, 4) is 33.9 Å². The van der Waals surface area contributed by atoms with Crippen LogP contribution in [0.2, 0.25) is 0 Å². The molecule has 19 heteroatoms. The van der Waals surface area contributed by atoms with E-state index in [1.807, 2.05) is 6.92 Å². The molecule has 0 unspecified atom stereocenters. The maximum absolute atomic E-state index is 13.1. The predicted octanol–water partition coefficient (Wildman–Crippen LogP) is 7.16. The van der Waals surface area contributed by atoms with Crippen molar-refractivity contribution < 1.29 is 43.2 Å². The fraction of sp³-hybridized carbons (Fsp3) is 0.118. The largest absolute Gasteiger partial charge is 0.435 e. The maximum atomic E-state index is 13.1. The number of nitrogens with one attached hydrogen (secondary N) is 1. The summed E-state index contributed by atoms with van der Waals surface area (Å²) in [7, 11) is -6.51. The van der Waals surface area contributed by atoms with E-state index >= 15 is 0 Å². The van der Waals surface area contributed by atoms with Crippen molar-refractivity contribution >= 4 is 20.5 Å². The smallest absolute Gasteiger partial charge is 0.326 e. The Labute approximate surface area is 300 Å². The molecule has 0 atom stereocenters. The molecule has 0 radical (unpaired) electrons. The lowest BCUT2D eigenvalue weighted by molar-refractivity contribution is -0.142. The standard InChI is InChI=1S/C17H14F3N3O2S.C17H14F3N3.HNO2S/c1-11-2-4-12(5-3-11)15-10-16(17(18,19)20)22-23(15)13-6-8-14(9-7-13)26(21,24)25;18-17(19,20)16-10-15(13-8-6-12(11-21)7-9-13)23(22-16)14-4-2-1-3-5-14;1-4(2)3/h2-10H,1H3,(H2,21,24,25);1-10H,11,21H2;1H. The van der Waals surface area contributed by atoms with Gasteiger partial charge in [0.15, 0.2) is 11.4 Å². The first-order valence-corrected chi connectivity index (χ1v) is 17.6. The van der Waals surface area contributed by atoms with Gasteiger partial charge in [0.05, 0.1) is 27.7 Å². The lowest BCUT2D eigenvalue weighted by Gasteiger charge is -2.09. The van der Waals surface area contributed by atoms with Crippen molar-refractivity contribution in [2.45, 2.75) is 30.7 Å². The number of halogens is 6. The van der Waals surface area contributed by atoms with Crippen molar-refractivity contribution in [3.63, 3.8) is 0 Å². The van der Waals surface area contributed by atoms with Gasteiger partial charge in [-0.25, -0.2) is 22.9 Å². The van der Waals surface area contributed by atoms with Crippen LogP contribution in [0.1, 0.15) is 22.5 Å². The minimum atomic E-state index is -4.61. The Morgan fingerprint density at radius 2 is 1.08 bits per heavy atom. The molecule has 0 saturated carbocycles. The van der Waals surface area contributed by atoms with E-state index in [0.29, 0.717) is 29.1 Å². The third-order valence-electron chi connectivity index (χ3n) is 7.24. The van der Waals surface area contributed by atoms with E-state index in [4.69, 9.17) is 24.1 Å². The van der Waals surface area contributed by atoms with Gasteiger partial charge in [0, 0.05) is 17.7 Å². The van der Waals surface area contributed by atoms with E-state index < -0.39 is 44.3 Å². The zero-order chi connectivity index (χ0) is 39.1. The van der Waals surface area contributed by atoms with Crippen LogP contribution in [0, 0.1) is 11.7 Å². The fourth-order valence-electron chi connectivity index (χ4n) is 4.73. The molecule has 278 valence electrons. The van der Waals surface area contributed by atoms with Crippen molar-refractivity contribution in [1.82, 2.24) is 19.6 Å². The molecule has 6 aromatic rings. The monoisotopic (exact) mass is 777 g/mol. The zero-order valence-electron chi connectivity index (χ0n) is 27.3. The molecule has 11 nitrogen and oxygen atoms in total. The molecule has 0 amide bonds. The van der Waals surface area contributed by atoms with Crippen LogP contribution in [-0.2, 0) is 39.4 Å². The van der Waals surface area contributed by atoms with Gasteiger partial charge in [-0.1, -0.05) is 72.3 Å². The summed E-state index contributed by atoms with van der Waals surface area (Å²) in [6, 6.07) is 29.9.